The quantitative estimate of drug-likeness (QED) is 0.214. The lowest BCUT2D eigenvalue weighted by Crippen LogP contribution is -2.28. The van der Waals surface area contributed by atoms with Gasteiger partial charge in [0, 0.05) is 7.05 Å². The first kappa shape index (κ1) is 26.0. The first-order chi connectivity index (χ1) is 14.1. The summed E-state index contributed by atoms with van der Waals surface area (Å²) in [5, 5.41) is 0. The van der Waals surface area contributed by atoms with E-state index in [4.69, 9.17) is 0 Å². The Labute approximate surface area is 181 Å². The van der Waals surface area contributed by atoms with Crippen molar-refractivity contribution < 1.29 is 8.42 Å². The summed E-state index contributed by atoms with van der Waals surface area (Å²) in [7, 11) is -1.55. The number of para-hydroxylation sites is 1. The zero-order chi connectivity index (χ0) is 21.2. The third-order valence-corrected chi connectivity index (χ3v) is 7.64. The van der Waals surface area contributed by atoms with Gasteiger partial charge in [-0.1, -0.05) is 121 Å². The molecule has 1 rings (SSSR count). The fourth-order valence-corrected chi connectivity index (χ4v) is 5.05. The number of rotatable bonds is 19. The second-order valence-corrected chi connectivity index (χ2v) is 10.5. The molecule has 0 fully saturated rings. The molecule has 1 aromatic rings. The summed E-state index contributed by atoms with van der Waals surface area (Å²) < 4.78 is 26.2. The maximum absolute atomic E-state index is 12.4. The molecule has 0 spiro atoms. The van der Waals surface area contributed by atoms with E-state index in [1.165, 1.54) is 87.8 Å². The Morgan fingerprint density at radius 3 is 1.41 bits per heavy atom. The summed E-state index contributed by atoms with van der Waals surface area (Å²) in [6.45, 7) is 2.27. The molecule has 0 unspecified atom stereocenters. The van der Waals surface area contributed by atoms with Crippen molar-refractivity contribution in [2.24, 2.45) is 0 Å². The smallest absolute Gasteiger partial charge is 0.234 e. The van der Waals surface area contributed by atoms with Crippen molar-refractivity contribution in [2.75, 3.05) is 17.1 Å². The number of sulfonamides is 1. The molecule has 168 valence electrons. The van der Waals surface area contributed by atoms with Crippen LogP contribution in [0.1, 0.15) is 110 Å². The van der Waals surface area contributed by atoms with Crippen LogP contribution in [-0.4, -0.2) is 21.2 Å². The minimum atomic E-state index is -3.20. The normalized spacial score (nSPS) is 11.7. The summed E-state index contributed by atoms with van der Waals surface area (Å²) >= 11 is 0. The summed E-state index contributed by atoms with van der Waals surface area (Å²) in [6, 6.07) is 9.32. The molecule has 0 aliphatic rings. The number of hydrogen-bond donors (Lipinski definition) is 0. The van der Waals surface area contributed by atoms with Crippen LogP contribution in [-0.2, 0) is 10.0 Å². The lowest BCUT2D eigenvalue weighted by Gasteiger charge is -2.19. The zero-order valence-electron chi connectivity index (χ0n) is 19.1. The lowest BCUT2D eigenvalue weighted by atomic mass is 10.0. The van der Waals surface area contributed by atoms with E-state index in [2.05, 4.69) is 6.92 Å². The number of nitrogens with zero attached hydrogens (tertiary/aromatic N) is 1. The van der Waals surface area contributed by atoms with E-state index in [9.17, 15) is 8.42 Å². The van der Waals surface area contributed by atoms with Crippen LogP contribution in [0.3, 0.4) is 0 Å². The first-order valence-corrected chi connectivity index (χ1v) is 13.7. The highest BCUT2D eigenvalue weighted by molar-refractivity contribution is 7.92. The van der Waals surface area contributed by atoms with Gasteiger partial charge in [-0.2, -0.15) is 0 Å². The number of anilines is 1. The SMILES string of the molecule is CCCCCCCCCCCCCCCCCCS(=O)(=O)N(C)c1ccccc1. The molecule has 0 atom stereocenters. The van der Waals surface area contributed by atoms with Gasteiger partial charge in [-0.15, -0.1) is 0 Å². The largest absolute Gasteiger partial charge is 0.273 e. The van der Waals surface area contributed by atoms with Gasteiger partial charge in [-0.05, 0) is 18.6 Å². The van der Waals surface area contributed by atoms with Crippen molar-refractivity contribution in [1.82, 2.24) is 0 Å². The third-order valence-electron chi connectivity index (χ3n) is 5.79. The van der Waals surface area contributed by atoms with E-state index >= 15 is 0 Å². The van der Waals surface area contributed by atoms with E-state index in [1.54, 1.807) is 7.05 Å². The minimum absolute atomic E-state index is 0.247. The second kappa shape index (κ2) is 16.7. The fourth-order valence-electron chi connectivity index (χ4n) is 3.77. The number of unbranched alkanes of at least 4 members (excludes halogenated alkanes) is 15. The van der Waals surface area contributed by atoms with Crippen LogP contribution < -0.4 is 4.31 Å². The van der Waals surface area contributed by atoms with Gasteiger partial charge in [0.25, 0.3) is 0 Å². The van der Waals surface area contributed by atoms with Crippen molar-refractivity contribution in [1.29, 1.82) is 0 Å². The van der Waals surface area contributed by atoms with Crippen LogP contribution in [0.15, 0.2) is 30.3 Å². The first-order valence-electron chi connectivity index (χ1n) is 12.1. The van der Waals surface area contributed by atoms with Crippen molar-refractivity contribution in [3.05, 3.63) is 30.3 Å². The van der Waals surface area contributed by atoms with Crippen molar-refractivity contribution in [2.45, 2.75) is 110 Å². The topological polar surface area (TPSA) is 37.4 Å². The van der Waals surface area contributed by atoms with Gasteiger partial charge in [0.1, 0.15) is 0 Å². The van der Waals surface area contributed by atoms with E-state index in [1.807, 2.05) is 30.3 Å². The Hall–Kier alpha value is -1.03. The van der Waals surface area contributed by atoms with Crippen LogP contribution in [0.4, 0.5) is 5.69 Å². The number of benzene rings is 1. The minimum Gasteiger partial charge on any atom is -0.273 e. The number of hydrogen-bond acceptors (Lipinski definition) is 2. The molecule has 0 aliphatic carbocycles. The lowest BCUT2D eigenvalue weighted by molar-refractivity contribution is 0.530. The highest BCUT2D eigenvalue weighted by atomic mass is 32.2. The molecule has 0 aliphatic heterocycles. The maximum atomic E-state index is 12.4. The summed E-state index contributed by atoms with van der Waals surface area (Å²) in [5.41, 5.74) is 0.740. The predicted octanol–water partition coefficient (Wildman–Crippen LogP) is 7.71. The Morgan fingerprint density at radius 2 is 1.00 bits per heavy atom. The Balaban J connectivity index is 1.91. The predicted molar refractivity (Wildman–Crippen MR) is 128 cm³/mol. The van der Waals surface area contributed by atoms with Crippen LogP contribution >= 0.6 is 0 Å². The molecule has 0 N–H and O–H groups in total. The maximum Gasteiger partial charge on any atom is 0.234 e. The summed E-state index contributed by atoms with van der Waals surface area (Å²) in [4.78, 5) is 0. The highest BCUT2D eigenvalue weighted by Crippen LogP contribution is 2.17. The van der Waals surface area contributed by atoms with Crippen LogP contribution in [0.2, 0.25) is 0 Å². The molecular weight excluding hydrogens is 378 g/mol. The molecule has 1 aromatic carbocycles. The molecule has 0 amide bonds. The average molecular weight is 424 g/mol. The Bertz CT molecular complexity index is 586. The zero-order valence-corrected chi connectivity index (χ0v) is 19.9. The molecule has 0 saturated carbocycles. The Kier molecular flexibility index (Phi) is 15.0. The molecule has 0 radical (unpaired) electrons. The molecule has 4 heteroatoms. The highest BCUT2D eigenvalue weighted by Gasteiger charge is 2.17. The summed E-state index contributed by atoms with van der Waals surface area (Å²) in [5.74, 6) is 0.247. The van der Waals surface area contributed by atoms with E-state index in [-0.39, 0.29) is 5.75 Å². The fraction of sp³-hybridized carbons (Fsp3) is 0.760. The van der Waals surface area contributed by atoms with Crippen molar-refractivity contribution in [3.8, 4) is 0 Å². The van der Waals surface area contributed by atoms with Crippen LogP contribution in [0, 0.1) is 0 Å². The molecule has 3 nitrogen and oxygen atoms in total. The molecule has 0 saturated heterocycles. The second-order valence-electron chi connectivity index (χ2n) is 8.42. The van der Waals surface area contributed by atoms with Gasteiger partial charge >= 0.3 is 0 Å². The van der Waals surface area contributed by atoms with E-state index < -0.39 is 10.0 Å². The van der Waals surface area contributed by atoms with E-state index in [0.29, 0.717) is 0 Å². The summed E-state index contributed by atoms with van der Waals surface area (Å²) in [6.07, 6.45) is 20.8. The van der Waals surface area contributed by atoms with E-state index in [0.717, 1.165) is 24.9 Å². The average Bonchev–Trinajstić information content (AvgIpc) is 2.73. The monoisotopic (exact) mass is 423 g/mol. The molecule has 0 heterocycles. The van der Waals surface area contributed by atoms with Crippen LogP contribution in [0.5, 0.6) is 0 Å². The standard InChI is InChI=1S/C25H45NO2S/c1-3-4-5-6-7-8-9-10-11-12-13-14-15-16-17-21-24-29(27,28)26(2)25-22-19-18-20-23-25/h18-20,22-23H,3-17,21,24H2,1-2H3. The third kappa shape index (κ3) is 13.0. The van der Waals surface area contributed by atoms with Crippen molar-refractivity contribution in [3.63, 3.8) is 0 Å². The van der Waals surface area contributed by atoms with Gasteiger partial charge in [0.05, 0.1) is 11.4 Å². The van der Waals surface area contributed by atoms with Gasteiger partial charge in [-0.25, -0.2) is 8.42 Å². The van der Waals surface area contributed by atoms with Crippen LogP contribution in [0.25, 0.3) is 0 Å². The van der Waals surface area contributed by atoms with Gasteiger partial charge < -0.3 is 0 Å². The molecule has 0 aromatic heterocycles. The van der Waals surface area contributed by atoms with Crippen molar-refractivity contribution >= 4 is 15.7 Å². The molecule has 29 heavy (non-hydrogen) atoms. The molecular formula is C25H45NO2S. The van der Waals surface area contributed by atoms with Gasteiger partial charge in [0.15, 0.2) is 0 Å². The molecule has 0 bridgehead atoms. The van der Waals surface area contributed by atoms with Gasteiger partial charge in [0.2, 0.25) is 10.0 Å². The van der Waals surface area contributed by atoms with Gasteiger partial charge in [-0.3, -0.25) is 4.31 Å². The Morgan fingerprint density at radius 1 is 0.621 bits per heavy atom.